The van der Waals surface area contributed by atoms with Gasteiger partial charge in [-0.3, -0.25) is 9.78 Å². The van der Waals surface area contributed by atoms with E-state index in [2.05, 4.69) is 66.3 Å². The molecule has 0 saturated carbocycles. The van der Waals surface area contributed by atoms with Crippen molar-refractivity contribution in [2.24, 2.45) is 5.10 Å². The van der Waals surface area contributed by atoms with Crippen LogP contribution in [0.25, 0.3) is 0 Å². The Hall–Kier alpha value is -2.69. The second kappa shape index (κ2) is 7.28. The first-order valence-electron chi connectivity index (χ1n) is 9.07. The number of benzene rings is 1. The van der Waals surface area contributed by atoms with E-state index < -0.39 is 0 Å². The zero-order chi connectivity index (χ0) is 18.7. The maximum atomic E-state index is 12.0. The van der Waals surface area contributed by atoms with Gasteiger partial charge in [0.2, 0.25) is 0 Å². The minimum Gasteiger partial charge on any atom is -0.366 e. The Morgan fingerprint density at radius 3 is 2.77 bits per heavy atom. The number of nitrogens with one attached hydrogen (secondary N) is 1. The smallest absolute Gasteiger partial charge is 0.271 e. The molecule has 0 radical (unpaired) electrons. The minimum absolute atomic E-state index is 0.162. The molecule has 5 heteroatoms. The summed E-state index contributed by atoms with van der Waals surface area (Å²) in [6.07, 6.45) is 5.99. The number of aromatic nitrogens is 1. The van der Waals surface area contributed by atoms with E-state index in [0.717, 1.165) is 18.5 Å². The van der Waals surface area contributed by atoms with Crippen molar-refractivity contribution in [3.63, 3.8) is 0 Å². The van der Waals surface area contributed by atoms with Gasteiger partial charge >= 0.3 is 0 Å². The lowest BCUT2D eigenvalue weighted by Gasteiger charge is -2.47. The molecule has 1 amide bonds. The molecule has 2 aromatic rings. The zero-order valence-corrected chi connectivity index (χ0v) is 15.9. The van der Waals surface area contributed by atoms with Crippen molar-refractivity contribution in [2.45, 2.75) is 45.6 Å². The molecule has 1 aliphatic heterocycles. The number of anilines is 1. The summed E-state index contributed by atoms with van der Waals surface area (Å²) in [6, 6.07) is 9.72. The molecule has 1 aliphatic rings. The number of hydrogen-bond donors (Lipinski definition) is 1. The SMILES string of the molecule is CCN1c2ccc(/C=N\NC(=O)c3ccncc3)cc2[C@H](C)CC1(C)C. The Kier molecular flexibility index (Phi) is 5.07. The van der Waals surface area contributed by atoms with Crippen LogP contribution in [0.15, 0.2) is 47.8 Å². The molecule has 0 saturated heterocycles. The number of pyridine rings is 1. The van der Waals surface area contributed by atoms with Crippen molar-refractivity contribution in [1.29, 1.82) is 0 Å². The quantitative estimate of drug-likeness (QED) is 0.671. The Bertz CT molecular complexity index is 814. The molecule has 0 unspecified atom stereocenters. The van der Waals surface area contributed by atoms with Crippen molar-refractivity contribution in [3.05, 3.63) is 59.4 Å². The molecule has 3 rings (SSSR count). The van der Waals surface area contributed by atoms with Crippen LogP contribution in [0.2, 0.25) is 0 Å². The van der Waals surface area contributed by atoms with Gasteiger partial charge < -0.3 is 4.90 Å². The van der Waals surface area contributed by atoms with Gasteiger partial charge in [-0.2, -0.15) is 5.10 Å². The minimum atomic E-state index is -0.242. The summed E-state index contributed by atoms with van der Waals surface area (Å²) in [5.74, 6) is 0.247. The highest BCUT2D eigenvalue weighted by atomic mass is 16.2. The van der Waals surface area contributed by atoms with Gasteiger partial charge in [0.1, 0.15) is 0 Å². The van der Waals surface area contributed by atoms with E-state index in [1.54, 1.807) is 30.7 Å². The van der Waals surface area contributed by atoms with E-state index in [1.165, 1.54) is 11.3 Å². The van der Waals surface area contributed by atoms with Gasteiger partial charge in [-0.05, 0) is 68.5 Å². The number of amides is 1. The van der Waals surface area contributed by atoms with Crippen LogP contribution in [0.1, 0.15) is 61.5 Å². The number of hydrazone groups is 1. The van der Waals surface area contributed by atoms with Crippen molar-refractivity contribution in [2.75, 3.05) is 11.4 Å². The standard InChI is InChI=1S/C21H26N4O/c1-5-25-19-7-6-16(12-18(19)15(2)13-21(25,3)4)14-23-24-20(26)17-8-10-22-11-9-17/h6-12,14-15H,5,13H2,1-4H3,(H,24,26)/b23-14-/t15-/m1/s1. The molecule has 0 aliphatic carbocycles. The summed E-state index contributed by atoms with van der Waals surface area (Å²) in [4.78, 5) is 18.4. The van der Waals surface area contributed by atoms with E-state index in [4.69, 9.17) is 0 Å². The maximum absolute atomic E-state index is 12.0. The molecule has 0 bridgehead atoms. The van der Waals surface area contributed by atoms with Gasteiger partial charge in [0.25, 0.3) is 5.91 Å². The Labute approximate surface area is 155 Å². The zero-order valence-electron chi connectivity index (χ0n) is 15.9. The fourth-order valence-corrected chi connectivity index (χ4v) is 3.92. The normalized spacial score (nSPS) is 18.6. The molecular formula is C21H26N4O. The van der Waals surface area contributed by atoms with Crippen LogP contribution in [-0.2, 0) is 0 Å². The molecule has 1 aromatic heterocycles. The third kappa shape index (κ3) is 3.62. The first-order valence-corrected chi connectivity index (χ1v) is 9.07. The van der Waals surface area contributed by atoms with Gasteiger partial charge in [0.05, 0.1) is 6.21 Å². The number of fused-ring (bicyclic) bond motifs is 1. The van der Waals surface area contributed by atoms with Crippen molar-refractivity contribution in [1.82, 2.24) is 10.4 Å². The topological polar surface area (TPSA) is 57.6 Å². The molecule has 26 heavy (non-hydrogen) atoms. The largest absolute Gasteiger partial charge is 0.366 e. The van der Waals surface area contributed by atoms with Crippen LogP contribution in [0.5, 0.6) is 0 Å². The fraction of sp³-hybridized carbons (Fsp3) is 0.381. The van der Waals surface area contributed by atoms with Gasteiger partial charge in [0.15, 0.2) is 0 Å². The highest BCUT2D eigenvalue weighted by Crippen LogP contribution is 2.43. The lowest BCUT2D eigenvalue weighted by atomic mass is 9.79. The highest BCUT2D eigenvalue weighted by molar-refractivity contribution is 5.94. The van der Waals surface area contributed by atoms with Crippen LogP contribution in [-0.4, -0.2) is 29.2 Å². The summed E-state index contributed by atoms with van der Waals surface area (Å²) >= 11 is 0. The number of carbonyl (C=O) groups excluding carboxylic acids is 1. The Morgan fingerprint density at radius 2 is 2.08 bits per heavy atom. The molecule has 136 valence electrons. The highest BCUT2D eigenvalue weighted by Gasteiger charge is 2.35. The van der Waals surface area contributed by atoms with Crippen LogP contribution < -0.4 is 10.3 Å². The number of rotatable bonds is 4. The van der Waals surface area contributed by atoms with E-state index in [-0.39, 0.29) is 11.4 Å². The van der Waals surface area contributed by atoms with E-state index in [0.29, 0.717) is 11.5 Å². The lowest BCUT2D eigenvalue weighted by molar-refractivity contribution is 0.0955. The molecule has 5 nitrogen and oxygen atoms in total. The van der Waals surface area contributed by atoms with E-state index in [9.17, 15) is 4.79 Å². The first kappa shape index (κ1) is 18.1. The van der Waals surface area contributed by atoms with Crippen molar-refractivity contribution in [3.8, 4) is 0 Å². The summed E-state index contributed by atoms with van der Waals surface area (Å²) in [6.45, 7) is 10.1. The number of carbonyl (C=O) groups is 1. The second-order valence-corrected chi connectivity index (χ2v) is 7.42. The van der Waals surface area contributed by atoms with Gasteiger partial charge in [-0.1, -0.05) is 13.0 Å². The molecule has 2 heterocycles. The molecule has 1 atom stereocenters. The van der Waals surface area contributed by atoms with Crippen LogP contribution in [0.4, 0.5) is 5.69 Å². The van der Waals surface area contributed by atoms with Crippen LogP contribution in [0.3, 0.4) is 0 Å². The third-order valence-corrected chi connectivity index (χ3v) is 5.05. The second-order valence-electron chi connectivity index (χ2n) is 7.42. The van der Waals surface area contributed by atoms with Gasteiger partial charge in [-0.15, -0.1) is 0 Å². The first-order chi connectivity index (χ1) is 12.4. The number of hydrogen-bond acceptors (Lipinski definition) is 4. The Morgan fingerprint density at radius 1 is 1.35 bits per heavy atom. The number of nitrogens with zero attached hydrogens (tertiary/aromatic N) is 3. The average Bonchev–Trinajstić information content (AvgIpc) is 2.62. The van der Waals surface area contributed by atoms with Crippen molar-refractivity contribution >= 4 is 17.8 Å². The summed E-state index contributed by atoms with van der Waals surface area (Å²) in [5, 5.41) is 4.10. The predicted molar refractivity (Wildman–Crippen MR) is 106 cm³/mol. The molecule has 1 N–H and O–H groups in total. The van der Waals surface area contributed by atoms with Gasteiger partial charge in [0, 0.05) is 35.7 Å². The van der Waals surface area contributed by atoms with Crippen molar-refractivity contribution < 1.29 is 4.79 Å². The third-order valence-electron chi connectivity index (χ3n) is 5.05. The predicted octanol–water partition coefficient (Wildman–Crippen LogP) is 3.96. The summed E-state index contributed by atoms with van der Waals surface area (Å²) in [7, 11) is 0. The monoisotopic (exact) mass is 350 g/mol. The molecule has 1 aromatic carbocycles. The lowest BCUT2D eigenvalue weighted by Crippen LogP contribution is -2.48. The Balaban J connectivity index is 1.77. The van der Waals surface area contributed by atoms with Gasteiger partial charge in [-0.25, -0.2) is 5.43 Å². The van der Waals surface area contributed by atoms with E-state index >= 15 is 0 Å². The molecule has 0 spiro atoms. The summed E-state index contributed by atoms with van der Waals surface area (Å²) in [5.41, 5.74) is 6.90. The molecular weight excluding hydrogens is 324 g/mol. The van der Waals surface area contributed by atoms with E-state index in [1.807, 2.05) is 0 Å². The molecule has 0 fully saturated rings. The van der Waals surface area contributed by atoms with Crippen LogP contribution in [0, 0.1) is 0 Å². The maximum Gasteiger partial charge on any atom is 0.271 e. The average molecular weight is 350 g/mol. The fourth-order valence-electron chi connectivity index (χ4n) is 3.92. The van der Waals surface area contributed by atoms with Crippen LogP contribution >= 0.6 is 0 Å². The summed E-state index contributed by atoms with van der Waals surface area (Å²) < 4.78 is 0.